The third-order valence-corrected chi connectivity index (χ3v) is 3.94. The summed E-state index contributed by atoms with van der Waals surface area (Å²) in [6.07, 6.45) is 0.801. The maximum atomic E-state index is 12.4. The molecular weight excluding hydrogens is 330 g/mol. The molecule has 1 aromatic rings. The van der Waals surface area contributed by atoms with Crippen LogP contribution in [0.25, 0.3) is 0 Å². The first-order chi connectivity index (χ1) is 11.8. The number of nitrogens with two attached hydrogens (primary N) is 1. The fourth-order valence-corrected chi connectivity index (χ4v) is 2.16. The molecule has 8 nitrogen and oxygen atoms in total. The van der Waals surface area contributed by atoms with Crippen LogP contribution in [0.4, 0.5) is 4.79 Å². The lowest BCUT2D eigenvalue weighted by molar-refractivity contribution is -0.170. The minimum Gasteiger partial charge on any atom is -0.504 e. The summed E-state index contributed by atoms with van der Waals surface area (Å²) in [4.78, 5) is 24.4. The maximum Gasteiger partial charge on any atom is 0.510 e. The topological polar surface area (TPSA) is 128 Å². The van der Waals surface area contributed by atoms with E-state index in [2.05, 4.69) is 0 Å². The Morgan fingerprint density at radius 3 is 2.56 bits per heavy atom. The van der Waals surface area contributed by atoms with Gasteiger partial charge in [0.15, 0.2) is 11.5 Å². The van der Waals surface area contributed by atoms with Gasteiger partial charge in [-0.1, -0.05) is 19.9 Å². The molecular formula is C17H23NO7. The van der Waals surface area contributed by atoms with E-state index < -0.39 is 23.8 Å². The van der Waals surface area contributed by atoms with Gasteiger partial charge in [-0.25, -0.2) is 9.59 Å². The lowest BCUT2D eigenvalue weighted by Gasteiger charge is -2.32. The van der Waals surface area contributed by atoms with Crippen molar-refractivity contribution in [2.24, 2.45) is 5.73 Å². The highest BCUT2D eigenvalue weighted by atomic mass is 16.8. The first kappa shape index (κ1) is 18.9. The summed E-state index contributed by atoms with van der Waals surface area (Å²) in [6, 6.07) is 3.95. The molecule has 4 N–H and O–H groups in total. The van der Waals surface area contributed by atoms with Crippen molar-refractivity contribution in [3.8, 4) is 11.5 Å². The number of carbonyl (C=O) groups excluding carboxylic acids is 2. The molecule has 1 unspecified atom stereocenters. The molecule has 0 aromatic heterocycles. The number of rotatable bonds is 7. The number of hydrogen-bond donors (Lipinski definition) is 3. The third-order valence-electron chi connectivity index (χ3n) is 3.94. The number of hydrogen-bond acceptors (Lipinski definition) is 8. The van der Waals surface area contributed by atoms with E-state index in [1.54, 1.807) is 6.92 Å². The second-order valence-corrected chi connectivity index (χ2v) is 6.07. The van der Waals surface area contributed by atoms with Crippen LogP contribution in [-0.4, -0.2) is 40.8 Å². The van der Waals surface area contributed by atoms with Crippen molar-refractivity contribution in [2.75, 3.05) is 6.61 Å². The van der Waals surface area contributed by atoms with Crippen molar-refractivity contribution >= 4 is 12.1 Å². The molecule has 1 fully saturated rings. The number of esters is 1. The summed E-state index contributed by atoms with van der Waals surface area (Å²) < 4.78 is 15.2. The first-order valence-electron chi connectivity index (χ1n) is 8.15. The van der Waals surface area contributed by atoms with Gasteiger partial charge in [0.05, 0.1) is 6.61 Å². The highest BCUT2D eigenvalue weighted by molar-refractivity contribution is 5.83. The molecule has 8 heteroatoms. The minimum atomic E-state index is -2.13. The molecule has 0 radical (unpaired) electrons. The lowest BCUT2D eigenvalue weighted by Crippen LogP contribution is -2.56. The predicted molar refractivity (Wildman–Crippen MR) is 86.9 cm³/mol. The normalized spacial score (nSPS) is 17.2. The Labute approximate surface area is 145 Å². The monoisotopic (exact) mass is 353 g/mol. The third kappa shape index (κ3) is 4.54. The maximum absolute atomic E-state index is 12.4. The van der Waals surface area contributed by atoms with Gasteiger partial charge in [-0.3, -0.25) is 5.73 Å². The fraction of sp³-hybridized carbons (Fsp3) is 0.529. The van der Waals surface area contributed by atoms with Crippen molar-refractivity contribution in [1.82, 2.24) is 0 Å². The van der Waals surface area contributed by atoms with Crippen molar-refractivity contribution in [1.29, 1.82) is 0 Å². The molecule has 2 atom stereocenters. The first-order valence-corrected chi connectivity index (χ1v) is 8.15. The van der Waals surface area contributed by atoms with E-state index in [4.69, 9.17) is 19.9 Å². The summed E-state index contributed by atoms with van der Waals surface area (Å²) >= 11 is 0. The second kappa shape index (κ2) is 7.60. The molecule has 1 saturated carbocycles. The number of carbonyl (C=O) groups is 2. The molecule has 0 spiro atoms. The van der Waals surface area contributed by atoms with E-state index in [-0.39, 0.29) is 24.2 Å². The fourth-order valence-electron chi connectivity index (χ4n) is 2.16. The molecule has 25 heavy (non-hydrogen) atoms. The molecule has 0 bridgehead atoms. The van der Waals surface area contributed by atoms with Gasteiger partial charge >= 0.3 is 12.1 Å². The van der Waals surface area contributed by atoms with Gasteiger partial charge in [0.1, 0.15) is 6.10 Å². The summed E-state index contributed by atoms with van der Waals surface area (Å²) in [5, 5.41) is 19.1. The Morgan fingerprint density at radius 1 is 1.32 bits per heavy atom. The Balaban J connectivity index is 2.25. The number of ether oxygens (including phenoxy) is 3. The quantitative estimate of drug-likeness (QED) is 0.386. The number of aromatic hydroxyl groups is 2. The van der Waals surface area contributed by atoms with Gasteiger partial charge in [0, 0.05) is 5.92 Å². The van der Waals surface area contributed by atoms with Crippen molar-refractivity contribution in [3.63, 3.8) is 0 Å². The predicted octanol–water partition coefficient (Wildman–Crippen LogP) is 2.13. The second-order valence-electron chi connectivity index (χ2n) is 6.07. The van der Waals surface area contributed by atoms with E-state index in [0.29, 0.717) is 12.0 Å². The average molecular weight is 353 g/mol. The van der Waals surface area contributed by atoms with Crippen LogP contribution < -0.4 is 5.73 Å². The standard InChI is InChI=1S/C17H23NO7/c1-3-8-23-15(21)17(18,25-16(22)24-12-5-6-12)10(2)11-4-7-13(19)14(20)9-11/h4,7,9-10,12,19-20H,3,5-6,8,18H2,1-2H3/t10?,17-/m1/s1. The summed E-state index contributed by atoms with van der Waals surface area (Å²) in [5.41, 5.74) is 4.35. The van der Waals surface area contributed by atoms with Crippen LogP contribution in [0.5, 0.6) is 11.5 Å². The molecule has 138 valence electrons. The zero-order chi connectivity index (χ0) is 18.6. The Kier molecular flexibility index (Phi) is 5.73. The molecule has 1 aliphatic carbocycles. The van der Waals surface area contributed by atoms with Gasteiger partial charge in [0.25, 0.3) is 5.72 Å². The molecule has 1 aromatic carbocycles. The van der Waals surface area contributed by atoms with Gasteiger partial charge in [0.2, 0.25) is 0 Å². The van der Waals surface area contributed by atoms with E-state index in [9.17, 15) is 19.8 Å². The van der Waals surface area contributed by atoms with Crippen molar-refractivity contribution in [3.05, 3.63) is 23.8 Å². The largest absolute Gasteiger partial charge is 0.510 e. The van der Waals surface area contributed by atoms with Crippen LogP contribution >= 0.6 is 0 Å². The van der Waals surface area contributed by atoms with Crippen molar-refractivity contribution in [2.45, 2.75) is 50.9 Å². The minimum absolute atomic E-state index is 0.117. The Morgan fingerprint density at radius 2 is 2.00 bits per heavy atom. The van der Waals surface area contributed by atoms with Crippen LogP contribution in [0.2, 0.25) is 0 Å². The highest BCUT2D eigenvalue weighted by Gasteiger charge is 2.47. The van der Waals surface area contributed by atoms with Crippen LogP contribution in [-0.2, 0) is 19.0 Å². The SMILES string of the molecule is CCCOC(=O)[C@](N)(OC(=O)OC1CC1)C(C)c1ccc(O)c(O)c1. The Bertz CT molecular complexity index is 644. The van der Waals surface area contributed by atoms with Crippen LogP contribution in [0.3, 0.4) is 0 Å². The van der Waals surface area contributed by atoms with Gasteiger partial charge in [-0.05, 0) is 37.0 Å². The molecule has 0 saturated heterocycles. The van der Waals surface area contributed by atoms with E-state index in [1.807, 2.05) is 6.92 Å². The number of benzene rings is 1. The van der Waals surface area contributed by atoms with Gasteiger partial charge in [-0.2, -0.15) is 0 Å². The van der Waals surface area contributed by atoms with E-state index >= 15 is 0 Å². The van der Waals surface area contributed by atoms with E-state index in [0.717, 1.165) is 12.8 Å². The molecule has 0 heterocycles. The van der Waals surface area contributed by atoms with Crippen LogP contribution in [0.15, 0.2) is 18.2 Å². The molecule has 0 amide bonds. The summed E-state index contributed by atoms with van der Waals surface area (Å²) in [6.45, 7) is 3.48. The van der Waals surface area contributed by atoms with Crippen molar-refractivity contribution < 1.29 is 34.0 Å². The summed E-state index contributed by atoms with van der Waals surface area (Å²) in [7, 11) is 0. The smallest absolute Gasteiger partial charge is 0.504 e. The lowest BCUT2D eigenvalue weighted by atomic mass is 9.90. The zero-order valence-corrected chi connectivity index (χ0v) is 14.2. The molecule has 1 aliphatic rings. The van der Waals surface area contributed by atoms with Crippen LogP contribution in [0, 0.1) is 0 Å². The Hall–Kier alpha value is -2.48. The van der Waals surface area contributed by atoms with Gasteiger partial charge in [-0.15, -0.1) is 0 Å². The highest BCUT2D eigenvalue weighted by Crippen LogP contribution is 2.35. The molecule has 0 aliphatic heterocycles. The van der Waals surface area contributed by atoms with Gasteiger partial charge < -0.3 is 24.4 Å². The van der Waals surface area contributed by atoms with Crippen LogP contribution in [0.1, 0.15) is 44.6 Å². The zero-order valence-electron chi connectivity index (χ0n) is 14.2. The average Bonchev–Trinajstić information content (AvgIpc) is 3.37. The molecule has 2 rings (SSSR count). The summed E-state index contributed by atoms with van der Waals surface area (Å²) in [5.74, 6) is -2.48. The number of phenolic OH excluding ortho intramolecular Hbond substituents is 2. The van der Waals surface area contributed by atoms with E-state index in [1.165, 1.54) is 18.2 Å². The number of phenols is 2.